The first-order valence-corrected chi connectivity index (χ1v) is 11.7. The van der Waals surface area contributed by atoms with Gasteiger partial charge in [0.15, 0.2) is 0 Å². The van der Waals surface area contributed by atoms with Gasteiger partial charge in [0, 0.05) is 23.2 Å². The lowest BCUT2D eigenvalue weighted by Crippen LogP contribution is -2.29. The average molecular weight is 508 g/mol. The largest absolute Gasteiger partial charge is 0.507 e. The summed E-state index contributed by atoms with van der Waals surface area (Å²) in [5.74, 6) is -0.801. The molecule has 1 saturated heterocycles. The number of ether oxygens (including phenoxy) is 3. The summed E-state index contributed by atoms with van der Waals surface area (Å²) in [6, 6.07) is 16.3. The zero-order valence-electron chi connectivity index (χ0n) is 20.4. The van der Waals surface area contributed by atoms with Crippen LogP contribution in [-0.4, -0.2) is 38.1 Å². The smallest absolute Gasteiger partial charge is 0.300 e. The first kappa shape index (κ1) is 25.1. The monoisotopic (exact) mass is 507 g/mol. The molecule has 4 rings (SSSR count). The maximum atomic E-state index is 13.5. The number of methoxy groups -OCH3 is 3. The van der Waals surface area contributed by atoms with E-state index in [1.165, 1.54) is 32.3 Å². The minimum atomic E-state index is -0.920. The molecule has 0 bridgehead atoms. The van der Waals surface area contributed by atoms with Crippen LogP contribution in [0.1, 0.15) is 29.7 Å². The number of hydrogen-bond donors (Lipinski definition) is 1. The van der Waals surface area contributed by atoms with E-state index >= 15 is 0 Å². The molecule has 1 aliphatic heterocycles. The predicted octanol–water partition coefficient (Wildman–Crippen LogP) is 5.55. The molecule has 0 radical (unpaired) electrons. The molecule has 0 aromatic heterocycles. The first-order chi connectivity index (χ1) is 17.3. The number of aliphatic hydroxyl groups is 1. The SMILES string of the molecule is CCc1ccc(C2/C(=C(\O)c3cc(Cl)ccc3OC)C(=O)C(=O)N2c2cc(OC)cc(OC)c2)cc1. The first-order valence-electron chi connectivity index (χ1n) is 11.3. The van der Waals surface area contributed by atoms with E-state index in [1.807, 2.05) is 31.2 Å². The van der Waals surface area contributed by atoms with Crippen LogP contribution in [0.5, 0.6) is 17.2 Å². The highest BCUT2D eigenvalue weighted by molar-refractivity contribution is 6.51. The van der Waals surface area contributed by atoms with Crippen molar-refractivity contribution >= 4 is 34.7 Å². The third-order valence-electron chi connectivity index (χ3n) is 6.18. The van der Waals surface area contributed by atoms with Crippen LogP contribution in [-0.2, 0) is 16.0 Å². The third-order valence-corrected chi connectivity index (χ3v) is 6.41. The summed E-state index contributed by atoms with van der Waals surface area (Å²) in [6.45, 7) is 2.04. The molecule has 1 unspecified atom stereocenters. The molecule has 3 aromatic carbocycles. The number of halogens is 1. The molecule has 1 aliphatic rings. The Morgan fingerprint density at radius 1 is 0.917 bits per heavy atom. The number of carbonyl (C=O) groups is 2. The van der Waals surface area contributed by atoms with Gasteiger partial charge in [-0.2, -0.15) is 0 Å². The fraction of sp³-hybridized carbons (Fsp3) is 0.214. The molecule has 8 heteroatoms. The van der Waals surface area contributed by atoms with Crippen LogP contribution < -0.4 is 19.1 Å². The lowest BCUT2D eigenvalue weighted by molar-refractivity contribution is -0.132. The molecule has 186 valence electrons. The number of carbonyl (C=O) groups excluding carboxylic acids is 2. The summed E-state index contributed by atoms with van der Waals surface area (Å²) in [5, 5.41) is 11.8. The minimum Gasteiger partial charge on any atom is -0.507 e. The molecule has 1 fully saturated rings. The van der Waals surface area contributed by atoms with Crippen molar-refractivity contribution in [2.45, 2.75) is 19.4 Å². The van der Waals surface area contributed by atoms with E-state index in [9.17, 15) is 14.7 Å². The number of aliphatic hydroxyl groups excluding tert-OH is 1. The van der Waals surface area contributed by atoms with Gasteiger partial charge < -0.3 is 19.3 Å². The van der Waals surface area contributed by atoms with E-state index in [2.05, 4.69) is 0 Å². The summed E-state index contributed by atoms with van der Waals surface area (Å²) >= 11 is 6.19. The summed E-state index contributed by atoms with van der Waals surface area (Å²) < 4.78 is 16.2. The zero-order valence-corrected chi connectivity index (χ0v) is 21.1. The Morgan fingerprint density at radius 2 is 1.56 bits per heavy atom. The second kappa shape index (κ2) is 10.3. The van der Waals surface area contributed by atoms with E-state index in [0.29, 0.717) is 33.5 Å². The third kappa shape index (κ3) is 4.50. The van der Waals surface area contributed by atoms with Crippen molar-refractivity contribution in [2.75, 3.05) is 26.2 Å². The summed E-state index contributed by atoms with van der Waals surface area (Å²) in [7, 11) is 4.44. The maximum absolute atomic E-state index is 13.5. The normalized spacial score (nSPS) is 16.8. The molecular weight excluding hydrogens is 482 g/mol. The van der Waals surface area contributed by atoms with Crippen molar-refractivity contribution in [2.24, 2.45) is 0 Å². The molecule has 36 heavy (non-hydrogen) atoms. The second-order valence-corrected chi connectivity index (χ2v) is 8.62. The lowest BCUT2D eigenvalue weighted by atomic mass is 9.94. The van der Waals surface area contributed by atoms with Gasteiger partial charge in [-0.3, -0.25) is 14.5 Å². The van der Waals surface area contributed by atoms with Crippen LogP contribution in [0.2, 0.25) is 5.02 Å². The fourth-order valence-corrected chi connectivity index (χ4v) is 4.46. The highest BCUT2D eigenvalue weighted by Gasteiger charge is 2.47. The van der Waals surface area contributed by atoms with Crippen molar-refractivity contribution in [3.05, 3.63) is 87.9 Å². The number of rotatable bonds is 7. The Morgan fingerprint density at radius 3 is 2.11 bits per heavy atom. The standard InChI is InChI=1S/C28H26ClNO6/c1-5-16-6-8-17(9-7-16)25-24(26(31)22-12-18(29)10-11-23(22)36-4)27(32)28(33)30(25)19-13-20(34-2)15-21(14-19)35-3/h6-15,25,31H,5H2,1-4H3/b26-24+. The number of Topliss-reactive ketones (excluding diaryl/α,β-unsaturated/α-hetero) is 1. The Hall–Kier alpha value is -3.97. The van der Waals surface area contributed by atoms with Gasteiger partial charge in [0.2, 0.25) is 0 Å². The van der Waals surface area contributed by atoms with Gasteiger partial charge in [-0.05, 0) is 35.7 Å². The lowest BCUT2D eigenvalue weighted by Gasteiger charge is -2.26. The van der Waals surface area contributed by atoms with Gasteiger partial charge in [0.25, 0.3) is 11.7 Å². The Balaban J connectivity index is 1.99. The summed E-state index contributed by atoms with van der Waals surface area (Å²) in [5.41, 5.74) is 2.26. The van der Waals surface area contributed by atoms with Crippen LogP contribution in [0.3, 0.4) is 0 Å². The number of anilines is 1. The van der Waals surface area contributed by atoms with Crippen molar-refractivity contribution < 1.29 is 28.9 Å². The topological polar surface area (TPSA) is 85.3 Å². The molecular formula is C28H26ClNO6. The molecule has 1 heterocycles. The van der Waals surface area contributed by atoms with Crippen molar-refractivity contribution in [3.8, 4) is 17.2 Å². The fourth-order valence-electron chi connectivity index (χ4n) is 4.29. The molecule has 7 nitrogen and oxygen atoms in total. The number of amides is 1. The highest BCUT2D eigenvalue weighted by Crippen LogP contribution is 2.45. The zero-order chi connectivity index (χ0) is 26.0. The van der Waals surface area contributed by atoms with Crippen LogP contribution in [0, 0.1) is 0 Å². The average Bonchev–Trinajstić information content (AvgIpc) is 3.17. The van der Waals surface area contributed by atoms with E-state index in [4.69, 9.17) is 25.8 Å². The van der Waals surface area contributed by atoms with Gasteiger partial charge in [-0.25, -0.2) is 0 Å². The Bertz CT molecular complexity index is 1330. The maximum Gasteiger partial charge on any atom is 0.300 e. The van der Waals surface area contributed by atoms with Crippen molar-refractivity contribution in [3.63, 3.8) is 0 Å². The van der Waals surface area contributed by atoms with Gasteiger partial charge in [0.05, 0.1) is 44.2 Å². The highest BCUT2D eigenvalue weighted by atomic mass is 35.5. The number of hydrogen-bond acceptors (Lipinski definition) is 6. The summed E-state index contributed by atoms with van der Waals surface area (Å²) in [6.07, 6.45) is 0.827. The minimum absolute atomic E-state index is 0.0772. The van der Waals surface area contributed by atoms with Crippen molar-refractivity contribution in [1.29, 1.82) is 0 Å². The Labute approximate surface area is 214 Å². The van der Waals surface area contributed by atoms with Gasteiger partial charge >= 0.3 is 0 Å². The van der Waals surface area contributed by atoms with Crippen LogP contribution in [0.15, 0.2) is 66.2 Å². The molecule has 0 saturated carbocycles. The van der Waals surface area contributed by atoms with Gasteiger partial charge in [0.1, 0.15) is 23.0 Å². The molecule has 1 atom stereocenters. The number of benzene rings is 3. The van der Waals surface area contributed by atoms with Crippen LogP contribution >= 0.6 is 11.6 Å². The molecule has 3 aromatic rings. The van der Waals surface area contributed by atoms with Gasteiger partial charge in [-0.15, -0.1) is 0 Å². The molecule has 1 amide bonds. The predicted molar refractivity (Wildman–Crippen MR) is 138 cm³/mol. The van der Waals surface area contributed by atoms with Crippen molar-refractivity contribution in [1.82, 2.24) is 0 Å². The van der Waals surface area contributed by atoms with Gasteiger partial charge in [-0.1, -0.05) is 42.8 Å². The molecule has 1 N–H and O–H groups in total. The van der Waals surface area contributed by atoms with Crippen LogP contribution in [0.25, 0.3) is 5.76 Å². The quantitative estimate of drug-likeness (QED) is 0.256. The Kier molecular flexibility index (Phi) is 7.22. The number of ketones is 1. The van der Waals surface area contributed by atoms with Crippen LogP contribution in [0.4, 0.5) is 5.69 Å². The second-order valence-electron chi connectivity index (χ2n) is 8.18. The van der Waals surface area contributed by atoms with E-state index in [0.717, 1.165) is 12.0 Å². The number of nitrogens with zero attached hydrogens (tertiary/aromatic N) is 1. The van der Waals surface area contributed by atoms with E-state index in [-0.39, 0.29) is 16.9 Å². The van der Waals surface area contributed by atoms with E-state index < -0.39 is 17.7 Å². The summed E-state index contributed by atoms with van der Waals surface area (Å²) in [4.78, 5) is 28.3. The molecule has 0 aliphatic carbocycles. The van der Waals surface area contributed by atoms with E-state index in [1.54, 1.807) is 30.3 Å². The molecule has 0 spiro atoms. The number of aryl methyl sites for hydroxylation is 1.